The minimum Gasteiger partial charge on any atom is -0.505 e. The SMILES string of the molecule is Cc1nn(-c2ccccc2)c(=O)[c-]1N=Nc1cc(S(C)(=O)=O)c([N+](=O)[O-])cc1O.Cc1nn(-c2ccccc2)c(=O)[c-]1N=Nc1cc(S(C)(=O)=O)c([N+](=O)[O-])cc1O.[Cr].[Na+]. The van der Waals surface area contributed by atoms with Crippen molar-refractivity contribution in [3.8, 4) is 22.9 Å². The number of para-hydroxylation sites is 2. The number of azo groups is 2. The van der Waals surface area contributed by atoms with Crippen LogP contribution in [0.25, 0.3) is 11.4 Å². The molecular formula is C34H28CrN10NaO12S2-. The van der Waals surface area contributed by atoms with Gasteiger partial charge in [-0.15, -0.1) is 11.4 Å². The molecule has 0 aliphatic carbocycles. The van der Waals surface area contributed by atoms with Crippen molar-refractivity contribution in [3.63, 3.8) is 0 Å². The average molecular weight is 908 g/mol. The summed E-state index contributed by atoms with van der Waals surface area (Å²) in [5.74, 6) is -1.32. The Morgan fingerprint density at radius 1 is 0.633 bits per heavy atom. The molecule has 0 spiro atoms. The first-order valence-corrected chi connectivity index (χ1v) is 19.9. The van der Waals surface area contributed by atoms with E-state index in [2.05, 4.69) is 30.7 Å². The van der Waals surface area contributed by atoms with Gasteiger partial charge in [0.25, 0.3) is 11.4 Å². The maximum absolute atomic E-state index is 12.6. The number of hydrogen-bond donors (Lipinski definition) is 2. The Balaban J connectivity index is 0.000000310. The molecule has 2 aromatic heterocycles. The number of aromatic hydroxyl groups is 2. The molecule has 2 heterocycles. The molecule has 0 saturated carbocycles. The molecule has 6 rings (SSSR count). The summed E-state index contributed by atoms with van der Waals surface area (Å²) < 4.78 is 49.6. The number of rotatable bonds is 10. The summed E-state index contributed by atoms with van der Waals surface area (Å²) in [6.45, 7) is 3.07. The molecule has 0 atom stereocenters. The number of hydrogen-bond acceptors (Lipinski definition) is 18. The van der Waals surface area contributed by atoms with Gasteiger partial charge in [-0.2, -0.15) is 10.2 Å². The Bertz CT molecular complexity index is 2800. The van der Waals surface area contributed by atoms with Gasteiger partial charge in [0.15, 0.2) is 19.7 Å². The van der Waals surface area contributed by atoms with Crippen LogP contribution >= 0.6 is 0 Å². The molecule has 26 heteroatoms. The molecule has 0 fully saturated rings. The number of phenols is 2. The Hall–Kier alpha value is -6.07. The summed E-state index contributed by atoms with van der Waals surface area (Å²) in [4.78, 5) is 44.1. The fourth-order valence-electron chi connectivity index (χ4n) is 5.05. The fourth-order valence-corrected chi connectivity index (χ4v) is 6.73. The van der Waals surface area contributed by atoms with Crippen LogP contribution in [0.2, 0.25) is 0 Å². The molecule has 0 bridgehead atoms. The Morgan fingerprint density at radius 2 is 0.950 bits per heavy atom. The van der Waals surface area contributed by atoms with Crippen molar-refractivity contribution in [2.75, 3.05) is 12.5 Å². The Kier molecular flexibility index (Phi) is 15.6. The first kappa shape index (κ1) is 48.3. The van der Waals surface area contributed by atoms with Crippen LogP contribution in [-0.2, 0) is 37.0 Å². The molecule has 306 valence electrons. The average Bonchev–Trinajstić information content (AvgIpc) is 3.61. The van der Waals surface area contributed by atoms with Crippen molar-refractivity contribution < 1.29 is 83.8 Å². The molecule has 22 nitrogen and oxygen atoms in total. The van der Waals surface area contributed by atoms with Crippen LogP contribution in [-0.4, -0.2) is 69.0 Å². The zero-order valence-electron chi connectivity index (χ0n) is 31.8. The van der Waals surface area contributed by atoms with Crippen molar-refractivity contribution in [1.82, 2.24) is 19.6 Å². The third-order valence-electron chi connectivity index (χ3n) is 7.80. The summed E-state index contributed by atoms with van der Waals surface area (Å²) in [5, 5.41) is 65.3. The van der Waals surface area contributed by atoms with Crippen LogP contribution in [0.1, 0.15) is 11.4 Å². The molecular weight excluding hydrogens is 880 g/mol. The summed E-state index contributed by atoms with van der Waals surface area (Å²) in [7, 11) is -7.96. The van der Waals surface area contributed by atoms with E-state index in [1.165, 1.54) is 13.8 Å². The zero-order chi connectivity index (χ0) is 42.7. The molecule has 2 N–H and O–H groups in total. The van der Waals surface area contributed by atoms with Gasteiger partial charge in [0.1, 0.15) is 43.8 Å². The molecule has 60 heavy (non-hydrogen) atoms. The molecule has 0 amide bonds. The standard InChI is InChI=1S/2C17H14N5O6S.Cr.Na/c2*1-10-16(17(24)21(20-10)11-6-4-3-5-7-11)19-18-12-8-15(29(2,27)28)13(22(25)26)9-14(12)23;;/h2*3-9,23H,1-2H3;;/q2*-1;;+1. The largest absolute Gasteiger partial charge is 1.00 e. The number of sulfone groups is 2. The summed E-state index contributed by atoms with van der Waals surface area (Å²) in [6, 6.07) is 20.2. The van der Waals surface area contributed by atoms with Gasteiger partial charge in [0, 0.05) is 29.9 Å². The number of nitro benzene ring substituents is 2. The third kappa shape index (κ3) is 10.8. The molecule has 0 aliphatic heterocycles. The first-order valence-electron chi connectivity index (χ1n) is 16.1. The monoisotopic (exact) mass is 907 g/mol. The first-order chi connectivity index (χ1) is 27.2. The van der Waals surface area contributed by atoms with E-state index in [1.54, 1.807) is 60.7 Å². The van der Waals surface area contributed by atoms with Crippen molar-refractivity contribution in [2.24, 2.45) is 20.5 Å². The van der Waals surface area contributed by atoms with Gasteiger partial charge < -0.3 is 30.0 Å². The maximum atomic E-state index is 12.6. The van der Waals surface area contributed by atoms with Gasteiger partial charge in [0.05, 0.1) is 33.4 Å². The number of nitrogens with zero attached hydrogens (tertiary/aromatic N) is 10. The van der Waals surface area contributed by atoms with Crippen molar-refractivity contribution in [3.05, 3.63) is 137 Å². The van der Waals surface area contributed by atoms with Crippen LogP contribution in [0.5, 0.6) is 11.5 Å². The Morgan fingerprint density at radius 3 is 1.23 bits per heavy atom. The van der Waals surface area contributed by atoms with Gasteiger partial charge >= 0.3 is 29.6 Å². The second-order valence-electron chi connectivity index (χ2n) is 12.0. The van der Waals surface area contributed by atoms with E-state index in [-0.39, 0.29) is 81.1 Å². The van der Waals surface area contributed by atoms with E-state index in [9.17, 15) is 56.9 Å². The molecule has 0 aliphatic rings. The Labute approximate surface area is 371 Å². The van der Waals surface area contributed by atoms with Gasteiger partial charge in [-0.25, -0.2) is 36.4 Å². The number of benzene rings is 4. The van der Waals surface area contributed by atoms with Gasteiger partial charge in [0.2, 0.25) is 0 Å². The van der Waals surface area contributed by atoms with E-state index < -0.39 is 73.3 Å². The van der Waals surface area contributed by atoms with Crippen LogP contribution in [0.15, 0.2) is 125 Å². The van der Waals surface area contributed by atoms with E-state index in [4.69, 9.17) is 0 Å². The molecule has 6 aromatic rings. The van der Waals surface area contributed by atoms with Gasteiger partial charge in [-0.1, -0.05) is 61.6 Å². The van der Waals surface area contributed by atoms with Crippen LogP contribution in [0.3, 0.4) is 0 Å². The van der Waals surface area contributed by atoms with Crippen LogP contribution < -0.4 is 40.7 Å². The summed E-state index contributed by atoms with van der Waals surface area (Å²) in [5.41, 5.74) is -2.10. The maximum Gasteiger partial charge on any atom is 1.00 e. The van der Waals surface area contributed by atoms with Gasteiger partial charge in [-0.3, -0.25) is 20.2 Å². The van der Waals surface area contributed by atoms with Gasteiger partial charge in [-0.05, 0) is 36.4 Å². The molecule has 0 saturated heterocycles. The summed E-state index contributed by atoms with van der Waals surface area (Å²) >= 11 is 0. The number of aryl methyl sites for hydroxylation is 2. The smallest absolute Gasteiger partial charge is 0.505 e. The molecule has 4 aromatic carbocycles. The van der Waals surface area contributed by atoms with E-state index in [0.717, 1.165) is 34.0 Å². The summed E-state index contributed by atoms with van der Waals surface area (Å²) in [6.07, 6.45) is 1.58. The van der Waals surface area contributed by atoms with E-state index in [0.29, 0.717) is 23.5 Å². The number of aromatic nitrogens is 4. The molecule has 0 unspecified atom stereocenters. The van der Waals surface area contributed by atoms with Crippen molar-refractivity contribution in [2.45, 2.75) is 23.6 Å². The zero-order valence-corrected chi connectivity index (χ0v) is 36.7. The van der Waals surface area contributed by atoms with Crippen LogP contribution in [0.4, 0.5) is 34.1 Å². The number of phenolic OH excluding ortho intramolecular Hbond substituents is 2. The number of nitro groups is 2. The normalized spacial score (nSPS) is 11.4. The van der Waals surface area contributed by atoms with Crippen molar-refractivity contribution in [1.29, 1.82) is 0 Å². The van der Waals surface area contributed by atoms with E-state index >= 15 is 0 Å². The third-order valence-corrected chi connectivity index (χ3v) is 10.0. The quantitative estimate of drug-likeness (QED) is 0.0656. The minimum atomic E-state index is -3.98. The second kappa shape index (κ2) is 19.3. The topological polar surface area (TPSA) is 314 Å². The predicted octanol–water partition coefficient (Wildman–Crippen LogP) is 2.39. The van der Waals surface area contributed by atoms with Crippen molar-refractivity contribution >= 4 is 53.8 Å². The van der Waals surface area contributed by atoms with E-state index in [1.807, 2.05) is 0 Å². The fraction of sp³-hybridized carbons (Fsp3) is 0.118. The second-order valence-corrected chi connectivity index (χ2v) is 16.0. The van der Waals surface area contributed by atoms with Crippen LogP contribution in [0, 0.1) is 34.1 Å². The predicted molar refractivity (Wildman–Crippen MR) is 204 cm³/mol. The molecule has 0 radical (unpaired) electrons. The minimum absolute atomic E-state index is 0.